The van der Waals surface area contributed by atoms with Gasteiger partial charge in [-0.05, 0) is 39.8 Å². The lowest BCUT2D eigenvalue weighted by atomic mass is 10.2. The number of aromatic hydroxyl groups is 1. The fourth-order valence-corrected chi connectivity index (χ4v) is 1.70. The number of rotatable bonds is 6. The molecule has 2 N–H and O–H groups in total. The largest absolute Gasteiger partial charge is 0.508 e. The molecule has 0 bridgehead atoms. The van der Waals surface area contributed by atoms with Gasteiger partial charge in [0.25, 0.3) is 0 Å². The van der Waals surface area contributed by atoms with E-state index >= 15 is 0 Å². The third-order valence-electron chi connectivity index (χ3n) is 2.72. The van der Waals surface area contributed by atoms with Gasteiger partial charge in [-0.1, -0.05) is 0 Å². The third-order valence-corrected chi connectivity index (χ3v) is 2.72. The van der Waals surface area contributed by atoms with Gasteiger partial charge in [-0.3, -0.25) is 0 Å². The van der Waals surface area contributed by atoms with Crippen molar-refractivity contribution in [2.45, 2.75) is 45.8 Å². The SMILES string of the molecule is COc1ccc(O)cc1OCCC(C)NC(=O)OC(C)(C)C. The smallest absolute Gasteiger partial charge is 0.407 e. The van der Waals surface area contributed by atoms with Gasteiger partial charge < -0.3 is 24.6 Å². The number of nitrogens with one attached hydrogen (secondary N) is 1. The van der Waals surface area contributed by atoms with E-state index in [-0.39, 0.29) is 11.8 Å². The topological polar surface area (TPSA) is 77.0 Å². The van der Waals surface area contributed by atoms with Gasteiger partial charge in [-0.25, -0.2) is 4.79 Å². The van der Waals surface area contributed by atoms with E-state index in [0.717, 1.165) is 0 Å². The zero-order chi connectivity index (χ0) is 16.8. The predicted octanol–water partition coefficient (Wildman–Crippen LogP) is 3.08. The fraction of sp³-hybridized carbons (Fsp3) is 0.562. The summed E-state index contributed by atoms with van der Waals surface area (Å²) in [5, 5.41) is 12.2. The van der Waals surface area contributed by atoms with Crippen LogP contribution < -0.4 is 14.8 Å². The van der Waals surface area contributed by atoms with E-state index < -0.39 is 11.7 Å². The second kappa shape index (κ2) is 7.77. The van der Waals surface area contributed by atoms with Crippen LogP contribution in [0.1, 0.15) is 34.1 Å². The van der Waals surface area contributed by atoms with Crippen molar-refractivity contribution < 1.29 is 24.1 Å². The molecule has 0 aliphatic carbocycles. The van der Waals surface area contributed by atoms with Crippen molar-refractivity contribution >= 4 is 6.09 Å². The molecular weight excluding hydrogens is 286 g/mol. The average molecular weight is 311 g/mol. The highest BCUT2D eigenvalue weighted by Gasteiger charge is 2.17. The number of hydrogen-bond donors (Lipinski definition) is 2. The maximum Gasteiger partial charge on any atom is 0.407 e. The minimum Gasteiger partial charge on any atom is -0.508 e. The van der Waals surface area contributed by atoms with E-state index in [1.807, 2.05) is 27.7 Å². The Balaban J connectivity index is 2.41. The Morgan fingerprint density at radius 2 is 2.00 bits per heavy atom. The van der Waals surface area contributed by atoms with Crippen LogP contribution in [0.25, 0.3) is 0 Å². The second-order valence-electron chi connectivity index (χ2n) is 6.02. The summed E-state index contributed by atoms with van der Waals surface area (Å²) < 4.78 is 15.9. The highest BCUT2D eigenvalue weighted by Crippen LogP contribution is 2.30. The Hall–Kier alpha value is -2.11. The number of amides is 1. The van der Waals surface area contributed by atoms with E-state index in [0.29, 0.717) is 24.5 Å². The lowest BCUT2D eigenvalue weighted by molar-refractivity contribution is 0.0503. The summed E-state index contributed by atoms with van der Waals surface area (Å²) in [5.74, 6) is 1.12. The Bertz CT molecular complexity index is 496. The summed E-state index contributed by atoms with van der Waals surface area (Å²) in [5.41, 5.74) is -0.519. The Morgan fingerprint density at radius 1 is 1.32 bits per heavy atom. The molecule has 1 atom stereocenters. The predicted molar refractivity (Wildman–Crippen MR) is 83.6 cm³/mol. The number of phenols is 1. The standard InChI is InChI=1S/C16H25NO5/c1-11(17-15(19)22-16(2,3)4)8-9-21-14-10-12(18)6-7-13(14)20-5/h6-7,10-11,18H,8-9H2,1-5H3,(H,17,19). The number of ether oxygens (including phenoxy) is 3. The third kappa shape index (κ3) is 6.56. The van der Waals surface area contributed by atoms with Gasteiger partial charge in [-0.15, -0.1) is 0 Å². The molecule has 1 unspecified atom stereocenters. The van der Waals surface area contributed by atoms with Crippen LogP contribution >= 0.6 is 0 Å². The zero-order valence-electron chi connectivity index (χ0n) is 13.8. The van der Waals surface area contributed by atoms with Crippen LogP contribution in [0.4, 0.5) is 4.79 Å². The van der Waals surface area contributed by atoms with Crippen LogP contribution in [-0.4, -0.2) is 36.6 Å². The van der Waals surface area contributed by atoms with Gasteiger partial charge in [0.05, 0.1) is 13.7 Å². The molecule has 1 amide bonds. The molecule has 6 nitrogen and oxygen atoms in total. The van der Waals surface area contributed by atoms with E-state index in [4.69, 9.17) is 14.2 Å². The highest BCUT2D eigenvalue weighted by molar-refractivity contribution is 5.68. The molecule has 124 valence electrons. The van der Waals surface area contributed by atoms with Crippen LogP contribution in [0, 0.1) is 0 Å². The second-order valence-corrected chi connectivity index (χ2v) is 6.02. The first-order chi connectivity index (χ1) is 10.2. The number of alkyl carbamates (subject to hydrolysis) is 1. The maximum absolute atomic E-state index is 11.6. The van der Waals surface area contributed by atoms with Crippen LogP contribution in [0.5, 0.6) is 17.2 Å². The molecule has 0 aromatic heterocycles. The Labute approximate surface area is 131 Å². The van der Waals surface area contributed by atoms with Gasteiger partial charge in [0, 0.05) is 18.5 Å². The monoisotopic (exact) mass is 311 g/mol. The number of carbonyl (C=O) groups is 1. The molecule has 0 saturated carbocycles. The fourth-order valence-electron chi connectivity index (χ4n) is 1.70. The van der Waals surface area contributed by atoms with Crippen molar-refractivity contribution in [1.82, 2.24) is 5.32 Å². The van der Waals surface area contributed by atoms with Crippen molar-refractivity contribution in [3.8, 4) is 17.2 Å². The van der Waals surface area contributed by atoms with E-state index in [1.54, 1.807) is 6.07 Å². The molecule has 0 radical (unpaired) electrons. The minimum absolute atomic E-state index is 0.0989. The van der Waals surface area contributed by atoms with Crippen LogP contribution in [0.3, 0.4) is 0 Å². The minimum atomic E-state index is -0.519. The van der Waals surface area contributed by atoms with E-state index in [2.05, 4.69) is 5.32 Å². The molecule has 0 aliphatic heterocycles. The molecule has 0 spiro atoms. The quantitative estimate of drug-likeness (QED) is 0.844. The summed E-state index contributed by atoms with van der Waals surface area (Å²) in [6.07, 6.45) is 0.146. The van der Waals surface area contributed by atoms with Crippen molar-refractivity contribution in [3.63, 3.8) is 0 Å². The molecule has 1 rings (SSSR count). The van der Waals surface area contributed by atoms with Crippen molar-refractivity contribution in [3.05, 3.63) is 18.2 Å². The Morgan fingerprint density at radius 3 is 2.59 bits per heavy atom. The first-order valence-electron chi connectivity index (χ1n) is 7.20. The summed E-state index contributed by atoms with van der Waals surface area (Å²) in [6.45, 7) is 7.68. The van der Waals surface area contributed by atoms with Crippen molar-refractivity contribution in [2.75, 3.05) is 13.7 Å². The normalized spacial score (nSPS) is 12.4. The summed E-state index contributed by atoms with van der Waals surface area (Å²) >= 11 is 0. The molecule has 0 aliphatic rings. The number of phenolic OH excluding ortho intramolecular Hbond substituents is 1. The molecule has 0 saturated heterocycles. The zero-order valence-corrected chi connectivity index (χ0v) is 13.8. The maximum atomic E-state index is 11.6. The van der Waals surface area contributed by atoms with Crippen LogP contribution in [-0.2, 0) is 4.74 Å². The molecule has 0 fully saturated rings. The first kappa shape index (κ1) is 17.9. The van der Waals surface area contributed by atoms with Crippen molar-refractivity contribution in [2.24, 2.45) is 0 Å². The number of carbonyl (C=O) groups excluding carboxylic acids is 1. The van der Waals surface area contributed by atoms with E-state index in [1.165, 1.54) is 19.2 Å². The first-order valence-corrected chi connectivity index (χ1v) is 7.20. The molecule has 1 aromatic carbocycles. The number of benzene rings is 1. The van der Waals surface area contributed by atoms with Gasteiger partial charge in [-0.2, -0.15) is 0 Å². The van der Waals surface area contributed by atoms with Crippen molar-refractivity contribution in [1.29, 1.82) is 0 Å². The summed E-state index contributed by atoms with van der Waals surface area (Å²) in [4.78, 5) is 11.6. The van der Waals surface area contributed by atoms with Gasteiger partial charge in [0.15, 0.2) is 11.5 Å². The summed E-state index contributed by atoms with van der Waals surface area (Å²) in [6, 6.07) is 4.55. The summed E-state index contributed by atoms with van der Waals surface area (Å²) in [7, 11) is 1.53. The lowest BCUT2D eigenvalue weighted by Crippen LogP contribution is -2.38. The highest BCUT2D eigenvalue weighted by atomic mass is 16.6. The number of methoxy groups -OCH3 is 1. The Kier molecular flexibility index (Phi) is 6.34. The molecular formula is C16H25NO5. The van der Waals surface area contributed by atoms with E-state index in [9.17, 15) is 9.90 Å². The molecule has 6 heteroatoms. The molecule has 22 heavy (non-hydrogen) atoms. The lowest BCUT2D eigenvalue weighted by Gasteiger charge is -2.22. The molecule has 0 heterocycles. The molecule has 1 aromatic rings. The van der Waals surface area contributed by atoms with Crippen LogP contribution in [0.15, 0.2) is 18.2 Å². The number of hydrogen-bond acceptors (Lipinski definition) is 5. The van der Waals surface area contributed by atoms with Crippen LogP contribution in [0.2, 0.25) is 0 Å². The van der Waals surface area contributed by atoms with Gasteiger partial charge in [0.2, 0.25) is 0 Å². The van der Waals surface area contributed by atoms with Gasteiger partial charge in [0.1, 0.15) is 11.4 Å². The van der Waals surface area contributed by atoms with Gasteiger partial charge >= 0.3 is 6.09 Å². The average Bonchev–Trinajstić information content (AvgIpc) is 2.36.